The van der Waals surface area contributed by atoms with Gasteiger partial charge in [0.25, 0.3) is 0 Å². The number of nitrogens with zero attached hydrogens (tertiary/aromatic N) is 1. The molecular weight excluding hydrogens is 305 g/mol. The third-order valence-corrected chi connectivity index (χ3v) is 3.37. The Morgan fingerprint density at radius 1 is 0.895 bits per heavy atom. The Morgan fingerprint density at radius 3 is 2.21 bits per heavy atom. The molecule has 0 bridgehead atoms. The number of hydrogen-bond donors (Lipinski definition) is 0. The summed E-state index contributed by atoms with van der Waals surface area (Å²) in [6.07, 6.45) is 0. The number of nitriles is 1. The average molecular weight is 318 g/mol. The molecule has 96 valence electrons. The van der Waals surface area contributed by atoms with Gasteiger partial charge >= 0.3 is 118 Å². The van der Waals surface area contributed by atoms with Gasteiger partial charge in [0.05, 0.1) is 0 Å². The van der Waals surface area contributed by atoms with E-state index in [0.717, 1.165) is 22.6 Å². The second kappa shape index (κ2) is 7.48. The van der Waals surface area contributed by atoms with E-state index in [9.17, 15) is 0 Å². The van der Waals surface area contributed by atoms with Crippen molar-refractivity contribution in [2.75, 3.05) is 6.61 Å². The summed E-state index contributed by atoms with van der Waals surface area (Å²) >= 11 is 0.0242. The van der Waals surface area contributed by atoms with Crippen LogP contribution in [0.4, 0.5) is 0 Å². The van der Waals surface area contributed by atoms with Crippen molar-refractivity contribution in [3.63, 3.8) is 0 Å². The van der Waals surface area contributed by atoms with E-state index in [4.69, 9.17) is 14.7 Å². The minimum absolute atomic E-state index is 0.0242. The second-order valence-electron chi connectivity index (χ2n) is 3.67. The zero-order valence-electron chi connectivity index (χ0n) is 10.3. The molecule has 0 radical (unpaired) electrons. The second-order valence-corrected chi connectivity index (χ2v) is 5.52. The van der Waals surface area contributed by atoms with Gasteiger partial charge in [-0.05, 0) is 0 Å². The van der Waals surface area contributed by atoms with E-state index in [1.165, 1.54) is 0 Å². The first-order valence-corrected chi connectivity index (χ1v) is 7.92. The monoisotopic (exact) mass is 319 g/mol. The van der Waals surface area contributed by atoms with Crippen LogP contribution in [0.2, 0.25) is 5.32 Å². The van der Waals surface area contributed by atoms with Gasteiger partial charge in [-0.2, -0.15) is 0 Å². The molecule has 19 heavy (non-hydrogen) atoms. The van der Waals surface area contributed by atoms with Gasteiger partial charge in [-0.3, -0.25) is 0 Å². The predicted molar refractivity (Wildman–Crippen MR) is 74.6 cm³/mol. The zero-order valence-corrected chi connectivity index (χ0v) is 12.0. The van der Waals surface area contributed by atoms with Crippen LogP contribution < -0.4 is 9.47 Å². The molecule has 3 nitrogen and oxygen atoms in total. The molecule has 2 aromatic carbocycles. The van der Waals surface area contributed by atoms with Gasteiger partial charge in [-0.1, -0.05) is 0 Å². The SMILES string of the molecule is N#C[Se]CCOc1ccc(Oc2ccccc2)cc1. The van der Waals surface area contributed by atoms with Crippen LogP contribution in [0, 0.1) is 10.2 Å². The Labute approximate surface area is 118 Å². The summed E-state index contributed by atoms with van der Waals surface area (Å²) in [4.78, 5) is 2.15. The van der Waals surface area contributed by atoms with Crippen LogP contribution in [0.25, 0.3) is 0 Å². The van der Waals surface area contributed by atoms with Gasteiger partial charge in [-0.25, -0.2) is 0 Å². The summed E-state index contributed by atoms with van der Waals surface area (Å²) in [5, 5.41) is 9.26. The van der Waals surface area contributed by atoms with Crippen molar-refractivity contribution in [2.45, 2.75) is 5.32 Å². The van der Waals surface area contributed by atoms with Gasteiger partial charge in [0.15, 0.2) is 0 Å². The van der Waals surface area contributed by atoms with Crippen LogP contribution in [-0.4, -0.2) is 21.6 Å². The molecule has 0 unspecified atom stereocenters. The molecular formula is C15H13NO2Se. The van der Waals surface area contributed by atoms with Crippen LogP contribution in [0.1, 0.15) is 0 Å². The van der Waals surface area contributed by atoms with Crippen LogP contribution in [-0.2, 0) is 0 Å². The van der Waals surface area contributed by atoms with E-state index in [1.807, 2.05) is 54.6 Å². The molecule has 0 heterocycles. The molecule has 0 saturated carbocycles. The number of para-hydroxylation sites is 1. The molecule has 2 rings (SSSR count). The van der Waals surface area contributed by atoms with E-state index in [2.05, 4.69) is 4.97 Å². The van der Waals surface area contributed by atoms with Crippen molar-refractivity contribution in [1.29, 1.82) is 5.26 Å². The molecule has 4 heteroatoms. The van der Waals surface area contributed by atoms with Crippen molar-refractivity contribution in [3.05, 3.63) is 54.6 Å². The van der Waals surface area contributed by atoms with E-state index in [1.54, 1.807) is 0 Å². The van der Waals surface area contributed by atoms with E-state index >= 15 is 0 Å². The molecule has 0 fully saturated rings. The fraction of sp³-hybridized carbons (Fsp3) is 0.133. The fourth-order valence-electron chi connectivity index (χ4n) is 1.48. The maximum absolute atomic E-state index is 8.45. The third kappa shape index (κ3) is 4.67. The number of ether oxygens (including phenoxy) is 2. The van der Waals surface area contributed by atoms with Gasteiger partial charge in [0.1, 0.15) is 0 Å². The number of hydrogen-bond acceptors (Lipinski definition) is 3. The summed E-state index contributed by atoms with van der Waals surface area (Å²) in [6.45, 7) is 0.590. The van der Waals surface area contributed by atoms with Crippen molar-refractivity contribution in [3.8, 4) is 22.2 Å². The maximum atomic E-state index is 8.45. The van der Waals surface area contributed by atoms with E-state index in [0.29, 0.717) is 6.61 Å². The van der Waals surface area contributed by atoms with Gasteiger partial charge in [0.2, 0.25) is 0 Å². The number of benzene rings is 2. The Hall–Kier alpha value is -1.95. The molecule has 0 atom stereocenters. The molecule has 0 spiro atoms. The van der Waals surface area contributed by atoms with Gasteiger partial charge in [-0.15, -0.1) is 0 Å². The molecule has 0 aliphatic heterocycles. The topological polar surface area (TPSA) is 42.2 Å². The van der Waals surface area contributed by atoms with Crippen molar-refractivity contribution in [1.82, 2.24) is 0 Å². The first kappa shape index (κ1) is 13.5. The first-order valence-electron chi connectivity index (χ1n) is 5.85. The normalized spacial score (nSPS) is 9.63. The minimum atomic E-state index is 0.0242. The Bertz CT molecular complexity index is 534. The zero-order chi connectivity index (χ0) is 13.3. The quantitative estimate of drug-likeness (QED) is 0.605. The average Bonchev–Trinajstić information content (AvgIpc) is 2.46. The summed E-state index contributed by atoms with van der Waals surface area (Å²) in [5.41, 5.74) is 0. The predicted octanol–water partition coefficient (Wildman–Crippen LogP) is 3.46. The van der Waals surface area contributed by atoms with Gasteiger partial charge in [0, 0.05) is 0 Å². The molecule has 0 N–H and O–H groups in total. The Balaban J connectivity index is 1.86. The van der Waals surface area contributed by atoms with Crippen molar-refractivity contribution < 1.29 is 9.47 Å². The molecule has 0 aliphatic carbocycles. The van der Waals surface area contributed by atoms with Gasteiger partial charge < -0.3 is 0 Å². The Morgan fingerprint density at radius 2 is 1.53 bits per heavy atom. The van der Waals surface area contributed by atoms with Crippen molar-refractivity contribution in [2.24, 2.45) is 0 Å². The summed E-state index contributed by atoms with van der Waals surface area (Å²) in [7, 11) is 0. The van der Waals surface area contributed by atoms with Crippen LogP contribution in [0.3, 0.4) is 0 Å². The molecule has 2 aromatic rings. The van der Waals surface area contributed by atoms with E-state index in [-0.39, 0.29) is 15.0 Å². The van der Waals surface area contributed by atoms with E-state index < -0.39 is 0 Å². The summed E-state index contributed by atoms with van der Waals surface area (Å²) in [5.74, 6) is 2.39. The number of rotatable bonds is 6. The molecule has 0 aromatic heterocycles. The molecule has 0 amide bonds. The fourth-order valence-corrected chi connectivity index (χ4v) is 2.02. The standard InChI is InChI=1S/C15H13NO2Se/c16-12-19-11-10-17-13-6-8-15(9-7-13)18-14-4-2-1-3-5-14/h1-9H,10-11H2. The molecule has 0 saturated heterocycles. The Kier molecular flexibility index (Phi) is 5.30. The van der Waals surface area contributed by atoms with Crippen LogP contribution in [0.15, 0.2) is 54.6 Å². The van der Waals surface area contributed by atoms with Crippen LogP contribution in [0.5, 0.6) is 17.2 Å². The summed E-state index contributed by atoms with van der Waals surface area (Å²) < 4.78 is 11.2. The third-order valence-electron chi connectivity index (χ3n) is 2.32. The first-order chi connectivity index (χ1) is 9.38. The van der Waals surface area contributed by atoms with Crippen molar-refractivity contribution >= 4 is 15.0 Å². The molecule has 0 aliphatic rings. The van der Waals surface area contributed by atoms with Crippen LogP contribution >= 0.6 is 0 Å². The summed E-state index contributed by atoms with van der Waals surface area (Å²) in [6, 6.07) is 17.1.